The molecule has 0 saturated heterocycles. The van der Waals surface area contributed by atoms with Gasteiger partial charge in [-0.1, -0.05) is 0 Å². The highest BCUT2D eigenvalue weighted by Crippen LogP contribution is 2.13. The first-order chi connectivity index (χ1) is 7.22. The summed E-state index contributed by atoms with van der Waals surface area (Å²) in [6, 6.07) is 1.86. The molecule has 80 valence electrons. The lowest BCUT2D eigenvalue weighted by Crippen LogP contribution is -2.23. The van der Waals surface area contributed by atoms with E-state index in [0.717, 1.165) is 10.4 Å². The molecule has 3 N–H and O–H groups in total. The van der Waals surface area contributed by atoms with Crippen LogP contribution in [0, 0.1) is 0 Å². The number of ether oxygens (including phenoxy) is 1. The first-order valence-electron chi connectivity index (χ1n) is 3.93. The number of hydrogen-bond acceptors (Lipinski definition) is 5. The first-order valence-corrected chi connectivity index (χ1v) is 5.22. The van der Waals surface area contributed by atoms with Crippen LogP contribution in [0.4, 0.5) is 0 Å². The Morgan fingerprint density at radius 3 is 3.27 bits per heavy atom. The number of nitrogens with one attached hydrogen (secondary N) is 1. The monoisotopic (exact) mass is 243 g/mol. The fraction of sp³-hybridized carbons (Fsp3) is 0.125. The van der Waals surface area contributed by atoms with Gasteiger partial charge >= 0.3 is 0 Å². The highest BCUT2D eigenvalue weighted by molar-refractivity contribution is 7.80. The lowest BCUT2D eigenvalue weighted by Gasteiger charge is -1.92. The van der Waals surface area contributed by atoms with Crippen molar-refractivity contribution in [3.8, 4) is 0 Å². The highest BCUT2D eigenvalue weighted by atomic mass is 32.1. The van der Waals surface area contributed by atoms with Crippen molar-refractivity contribution in [3.05, 3.63) is 21.9 Å². The van der Waals surface area contributed by atoms with Crippen LogP contribution in [-0.4, -0.2) is 17.8 Å². The van der Waals surface area contributed by atoms with Crippen LogP contribution < -0.4 is 11.2 Å². The molecule has 0 aliphatic heterocycles. The molecule has 15 heavy (non-hydrogen) atoms. The van der Waals surface area contributed by atoms with Gasteiger partial charge in [0.1, 0.15) is 6.61 Å². The molecule has 0 spiro atoms. The van der Waals surface area contributed by atoms with Gasteiger partial charge in [-0.3, -0.25) is 10.2 Å². The smallest absolute Gasteiger partial charge is 0.293 e. The number of nitrogens with two attached hydrogens (primary N) is 1. The van der Waals surface area contributed by atoms with E-state index in [1.165, 1.54) is 11.3 Å². The van der Waals surface area contributed by atoms with Crippen LogP contribution in [0.15, 0.2) is 16.5 Å². The summed E-state index contributed by atoms with van der Waals surface area (Å²) in [6.45, 7) is 0.691. The van der Waals surface area contributed by atoms with Gasteiger partial charge in [-0.05, 0) is 23.7 Å². The molecule has 0 aliphatic rings. The number of carbonyl (C=O) groups excluding carboxylic acids is 1. The third kappa shape index (κ3) is 4.52. The SMILES string of the molecule is NC(=S)N/N=C/c1cc(COC=O)cs1. The molecule has 0 aromatic carbocycles. The number of thiocarbonyl (C=S) groups is 1. The maximum absolute atomic E-state index is 9.95. The van der Waals surface area contributed by atoms with Crippen molar-refractivity contribution in [1.29, 1.82) is 0 Å². The minimum absolute atomic E-state index is 0.118. The largest absolute Gasteiger partial charge is 0.463 e. The lowest BCUT2D eigenvalue weighted by molar-refractivity contribution is -0.129. The third-order valence-electron chi connectivity index (χ3n) is 1.36. The predicted molar refractivity (Wildman–Crippen MR) is 62.7 cm³/mol. The topological polar surface area (TPSA) is 76.7 Å². The van der Waals surface area contributed by atoms with Crippen molar-refractivity contribution in [1.82, 2.24) is 5.43 Å². The van der Waals surface area contributed by atoms with Gasteiger partial charge in [-0.15, -0.1) is 11.3 Å². The van der Waals surface area contributed by atoms with Crippen LogP contribution in [0.25, 0.3) is 0 Å². The molecule has 0 bridgehead atoms. The molecule has 0 unspecified atom stereocenters. The van der Waals surface area contributed by atoms with Crippen LogP contribution >= 0.6 is 23.6 Å². The highest BCUT2D eigenvalue weighted by Gasteiger charge is 1.97. The van der Waals surface area contributed by atoms with Crippen LogP contribution in [0.2, 0.25) is 0 Å². The Balaban J connectivity index is 2.48. The number of hydrazone groups is 1. The second-order valence-corrected chi connectivity index (χ2v) is 3.88. The van der Waals surface area contributed by atoms with E-state index in [-0.39, 0.29) is 11.7 Å². The molecular weight excluding hydrogens is 234 g/mol. The van der Waals surface area contributed by atoms with Crippen molar-refractivity contribution in [2.24, 2.45) is 10.8 Å². The summed E-state index contributed by atoms with van der Waals surface area (Å²) in [6.07, 6.45) is 1.59. The van der Waals surface area contributed by atoms with E-state index >= 15 is 0 Å². The van der Waals surface area contributed by atoms with E-state index in [4.69, 9.17) is 5.73 Å². The van der Waals surface area contributed by atoms with Gasteiger partial charge in [0.25, 0.3) is 6.47 Å². The van der Waals surface area contributed by atoms with Gasteiger partial charge in [-0.2, -0.15) is 5.10 Å². The Bertz CT molecular complexity index is 376. The Kier molecular flexibility index (Phi) is 4.72. The number of rotatable bonds is 5. The van der Waals surface area contributed by atoms with E-state index in [1.807, 2.05) is 11.4 Å². The van der Waals surface area contributed by atoms with E-state index in [1.54, 1.807) is 6.21 Å². The summed E-state index contributed by atoms with van der Waals surface area (Å²) in [5, 5.41) is 5.79. The maximum Gasteiger partial charge on any atom is 0.293 e. The van der Waals surface area contributed by atoms with Crippen LogP contribution in [0.1, 0.15) is 10.4 Å². The van der Waals surface area contributed by atoms with Crippen molar-refractivity contribution in [2.75, 3.05) is 0 Å². The van der Waals surface area contributed by atoms with Gasteiger partial charge in [0, 0.05) is 10.4 Å². The molecule has 0 atom stereocenters. The minimum Gasteiger partial charge on any atom is -0.463 e. The molecule has 1 rings (SSSR count). The van der Waals surface area contributed by atoms with Crippen molar-refractivity contribution in [2.45, 2.75) is 6.61 Å². The Morgan fingerprint density at radius 2 is 2.60 bits per heavy atom. The van der Waals surface area contributed by atoms with Crippen LogP contribution in [-0.2, 0) is 16.1 Å². The zero-order chi connectivity index (χ0) is 11.1. The standard InChI is InChI=1S/C8H9N3O2S2/c9-8(14)11-10-2-7-1-6(4-15-7)3-13-5-12/h1-2,4-5H,3H2,(H3,9,11,14)/b10-2+. The Morgan fingerprint density at radius 1 is 1.80 bits per heavy atom. The fourth-order valence-electron chi connectivity index (χ4n) is 0.828. The molecule has 5 nitrogen and oxygen atoms in total. The van der Waals surface area contributed by atoms with Crippen molar-refractivity contribution in [3.63, 3.8) is 0 Å². The average Bonchev–Trinajstić information content (AvgIpc) is 2.62. The molecule has 0 saturated carbocycles. The van der Waals surface area contributed by atoms with Gasteiger partial charge < -0.3 is 10.5 Å². The van der Waals surface area contributed by atoms with Gasteiger partial charge in [0.2, 0.25) is 0 Å². The molecule has 1 aromatic rings. The minimum atomic E-state index is 0.118. The second kappa shape index (κ2) is 6.10. The summed E-state index contributed by atoms with van der Waals surface area (Å²) in [4.78, 5) is 10.9. The van der Waals surface area contributed by atoms with Crippen LogP contribution in [0.5, 0.6) is 0 Å². The molecule has 0 fully saturated rings. The third-order valence-corrected chi connectivity index (χ3v) is 2.37. The summed E-state index contributed by atoms with van der Waals surface area (Å²) in [5.41, 5.74) is 8.54. The van der Waals surface area contributed by atoms with Crippen molar-refractivity contribution < 1.29 is 9.53 Å². The predicted octanol–water partition coefficient (Wildman–Crippen LogP) is 0.588. The first kappa shape index (κ1) is 11.6. The van der Waals surface area contributed by atoms with Gasteiger partial charge in [-0.25, -0.2) is 0 Å². The quantitative estimate of drug-likeness (QED) is 0.342. The van der Waals surface area contributed by atoms with E-state index in [9.17, 15) is 4.79 Å². The van der Waals surface area contributed by atoms with Gasteiger partial charge in [0.05, 0.1) is 6.21 Å². The van der Waals surface area contributed by atoms with E-state index in [0.29, 0.717) is 6.47 Å². The molecule has 0 radical (unpaired) electrons. The molecular formula is C8H9N3O2S2. The summed E-state index contributed by atoms with van der Waals surface area (Å²) < 4.78 is 4.60. The number of hydrogen-bond donors (Lipinski definition) is 2. The van der Waals surface area contributed by atoms with E-state index in [2.05, 4.69) is 27.5 Å². The normalized spacial score (nSPS) is 10.1. The average molecular weight is 243 g/mol. The molecule has 7 heteroatoms. The molecule has 1 heterocycles. The summed E-state index contributed by atoms with van der Waals surface area (Å²) >= 11 is 6.05. The Hall–Kier alpha value is -1.47. The summed E-state index contributed by atoms with van der Waals surface area (Å²) in [5.74, 6) is 0. The number of carbonyl (C=O) groups is 1. The second-order valence-electron chi connectivity index (χ2n) is 2.50. The molecule has 0 aliphatic carbocycles. The van der Waals surface area contributed by atoms with Crippen LogP contribution in [0.3, 0.4) is 0 Å². The molecule has 0 amide bonds. The lowest BCUT2D eigenvalue weighted by atomic mass is 10.3. The molecule has 1 aromatic heterocycles. The number of nitrogens with zero attached hydrogens (tertiary/aromatic N) is 1. The zero-order valence-corrected chi connectivity index (χ0v) is 9.31. The maximum atomic E-state index is 9.95. The summed E-state index contributed by atoms with van der Waals surface area (Å²) in [7, 11) is 0. The fourth-order valence-corrected chi connectivity index (χ4v) is 1.64. The van der Waals surface area contributed by atoms with Crippen molar-refractivity contribution >= 4 is 41.4 Å². The number of thiophene rings is 1. The zero-order valence-electron chi connectivity index (χ0n) is 7.67. The Labute approximate surface area is 95.9 Å². The van der Waals surface area contributed by atoms with Gasteiger partial charge in [0.15, 0.2) is 5.11 Å². The van der Waals surface area contributed by atoms with E-state index < -0.39 is 0 Å².